The minimum Gasteiger partial charge on any atom is -0.457 e. The minimum absolute atomic E-state index is 0.258. The average Bonchev–Trinajstić information content (AvgIpc) is 3.11. The fourth-order valence-corrected chi connectivity index (χ4v) is 3.02. The van der Waals surface area contributed by atoms with Gasteiger partial charge in [0.05, 0.1) is 16.7 Å². The molecule has 4 aromatic rings. The van der Waals surface area contributed by atoms with Crippen molar-refractivity contribution in [3.63, 3.8) is 0 Å². The zero-order chi connectivity index (χ0) is 20.4. The average molecular weight is 456 g/mol. The van der Waals surface area contributed by atoms with Gasteiger partial charge in [0.1, 0.15) is 23.0 Å². The molecule has 0 bridgehead atoms. The second-order valence-electron chi connectivity index (χ2n) is 6.07. The Bertz CT molecular complexity index is 1210. The molecule has 9 heteroatoms. The summed E-state index contributed by atoms with van der Waals surface area (Å²) in [6, 6.07) is 13.3. The van der Waals surface area contributed by atoms with E-state index in [2.05, 4.69) is 41.5 Å². The van der Waals surface area contributed by atoms with Crippen LogP contribution in [-0.2, 0) is 0 Å². The lowest BCUT2D eigenvalue weighted by Crippen LogP contribution is -2.18. The summed E-state index contributed by atoms with van der Waals surface area (Å²) in [6.45, 7) is 0. The number of rotatable bonds is 5. The maximum atomic E-state index is 14.0. The van der Waals surface area contributed by atoms with Crippen LogP contribution in [0.5, 0.6) is 11.5 Å². The lowest BCUT2D eigenvalue weighted by atomic mass is 10.3. The molecule has 29 heavy (non-hydrogen) atoms. The molecule has 2 aromatic carbocycles. The number of benzene rings is 2. The summed E-state index contributed by atoms with van der Waals surface area (Å²) in [4.78, 5) is 23.2. The van der Waals surface area contributed by atoms with E-state index in [9.17, 15) is 9.18 Å². The summed E-state index contributed by atoms with van der Waals surface area (Å²) in [5.74, 6) is 0.731. The third-order valence-electron chi connectivity index (χ3n) is 4.07. The van der Waals surface area contributed by atoms with E-state index in [1.807, 2.05) is 6.07 Å². The van der Waals surface area contributed by atoms with E-state index < -0.39 is 5.82 Å². The Morgan fingerprint density at radius 2 is 1.97 bits per heavy atom. The van der Waals surface area contributed by atoms with E-state index in [-0.39, 0.29) is 11.6 Å². The van der Waals surface area contributed by atoms with E-state index in [0.29, 0.717) is 33.1 Å². The summed E-state index contributed by atoms with van der Waals surface area (Å²) in [5, 5.41) is 5.45. The van der Waals surface area contributed by atoms with Gasteiger partial charge >= 0.3 is 0 Å². The summed E-state index contributed by atoms with van der Waals surface area (Å²) in [5.41, 5.74) is 1.97. The van der Waals surface area contributed by atoms with E-state index in [1.165, 1.54) is 19.3 Å². The lowest BCUT2D eigenvalue weighted by molar-refractivity contribution is 0.0958. The van der Waals surface area contributed by atoms with Gasteiger partial charge in [0.25, 0.3) is 5.91 Å². The second kappa shape index (κ2) is 7.88. The van der Waals surface area contributed by atoms with Crippen LogP contribution in [0.25, 0.3) is 11.0 Å². The highest BCUT2D eigenvalue weighted by molar-refractivity contribution is 9.10. The number of halogens is 2. The van der Waals surface area contributed by atoms with Gasteiger partial charge in [0.2, 0.25) is 5.95 Å². The molecule has 0 radical (unpaired) electrons. The van der Waals surface area contributed by atoms with Crippen LogP contribution in [0.2, 0.25) is 0 Å². The van der Waals surface area contributed by atoms with Gasteiger partial charge in [0.15, 0.2) is 0 Å². The number of ether oxygens (including phenoxy) is 1. The first-order valence-electron chi connectivity index (χ1n) is 8.59. The van der Waals surface area contributed by atoms with Gasteiger partial charge in [-0.3, -0.25) is 9.78 Å². The quantitative estimate of drug-likeness (QED) is 0.403. The van der Waals surface area contributed by atoms with Crippen molar-refractivity contribution in [1.29, 1.82) is 0 Å². The number of amides is 1. The van der Waals surface area contributed by atoms with Crippen LogP contribution in [-0.4, -0.2) is 27.9 Å². The molecule has 0 saturated heterocycles. The number of carbonyl (C=O) groups excluding carboxylic acids is 1. The van der Waals surface area contributed by atoms with Crippen molar-refractivity contribution in [3.8, 4) is 11.5 Å². The molecule has 3 N–H and O–H groups in total. The Morgan fingerprint density at radius 3 is 2.76 bits per heavy atom. The molecule has 0 unspecified atom stereocenters. The van der Waals surface area contributed by atoms with Crippen LogP contribution in [0.4, 0.5) is 16.0 Å². The monoisotopic (exact) mass is 455 g/mol. The van der Waals surface area contributed by atoms with Gasteiger partial charge in [-0.15, -0.1) is 0 Å². The number of H-pyrrole nitrogens is 1. The third kappa shape index (κ3) is 4.19. The predicted molar refractivity (Wildman–Crippen MR) is 111 cm³/mol. The first-order chi connectivity index (χ1) is 14.0. The molecule has 0 spiro atoms. The fraction of sp³-hybridized carbons (Fsp3) is 0.0500. The van der Waals surface area contributed by atoms with Crippen molar-refractivity contribution in [2.24, 2.45) is 0 Å². The Balaban J connectivity index is 1.56. The molecule has 1 amide bonds. The SMILES string of the molecule is CNC(=O)c1cc(Oc2ccc3[nH]c(Nc4ccc(Br)cc4F)nc3c2)ccn1. The van der Waals surface area contributed by atoms with Crippen LogP contribution in [0, 0.1) is 5.82 Å². The van der Waals surface area contributed by atoms with Gasteiger partial charge in [0, 0.05) is 29.8 Å². The molecule has 0 atom stereocenters. The largest absolute Gasteiger partial charge is 0.457 e. The highest BCUT2D eigenvalue weighted by Gasteiger charge is 2.10. The normalized spacial score (nSPS) is 10.7. The summed E-state index contributed by atoms with van der Waals surface area (Å²) in [7, 11) is 1.54. The first-order valence-corrected chi connectivity index (χ1v) is 9.39. The maximum absolute atomic E-state index is 14.0. The number of anilines is 2. The number of fused-ring (bicyclic) bond motifs is 1. The van der Waals surface area contributed by atoms with E-state index in [4.69, 9.17) is 4.74 Å². The van der Waals surface area contributed by atoms with E-state index in [1.54, 1.807) is 36.4 Å². The topological polar surface area (TPSA) is 91.9 Å². The van der Waals surface area contributed by atoms with Crippen molar-refractivity contribution < 1.29 is 13.9 Å². The van der Waals surface area contributed by atoms with Crippen LogP contribution < -0.4 is 15.4 Å². The van der Waals surface area contributed by atoms with Crippen molar-refractivity contribution in [3.05, 3.63) is 70.7 Å². The number of nitrogens with one attached hydrogen (secondary N) is 3. The molecular weight excluding hydrogens is 441 g/mol. The van der Waals surface area contributed by atoms with Gasteiger partial charge < -0.3 is 20.4 Å². The van der Waals surface area contributed by atoms with Crippen LogP contribution in [0.15, 0.2) is 59.2 Å². The molecule has 7 nitrogen and oxygen atoms in total. The summed E-state index contributed by atoms with van der Waals surface area (Å²) >= 11 is 3.23. The van der Waals surface area contributed by atoms with Gasteiger partial charge in [-0.2, -0.15) is 0 Å². The molecule has 0 saturated carbocycles. The van der Waals surface area contributed by atoms with Crippen molar-refractivity contribution in [2.45, 2.75) is 0 Å². The number of nitrogens with zero attached hydrogens (tertiary/aromatic N) is 2. The van der Waals surface area contributed by atoms with Crippen LogP contribution in [0.3, 0.4) is 0 Å². The molecule has 2 aromatic heterocycles. The van der Waals surface area contributed by atoms with Gasteiger partial charge in [-0.1, -0.05) is 15.9 Å². The molecule has 0 aliphatic carbocycles. The summed E-state index contributed by atoms with van der Waals surface area (Å²) in [6.07, 6.45) is 1.50. The Kier molecular flexibility index (Phi) is 5.13. The smallest absolute Gasteiger partial charge is 0.269 e. The third-order valence-corrected chi connectivity index (χ3v) is 4.56. The Hall–Kier alpha value is -3.46. The summed E-state index contributed by atoms with van der Waals surface area (Å²) < 4.78 is 20.5. The minimum atomic E-state index is -0.395. The zero-order valence-electron chi connectivity index (χ0n) is 15.2. The molecule has 0 aliphatic rings. The number of carbonyl (C=O) groups is 1. The highest BCUT2D eigenvalue weighted by atomic mass is 79.9. The fourth-order valence-electron chi connectivity index (χ4n) is 2.69. The van der Waals surface area contributed by atoms with Crippen LogP contribution in [0.1, 0.15) is 10.5 Å². The number of hydrogen-bond acceptors (Lipinski definition) is 5. The Morgan fingerprint density at radius 1 is 1.14 bits per heavy atom. The molecule has 2 heterocycles. The molecule has 4 rings (SSSR count). The van der Waals surface area contributed by atoms with Crippen molar-refractivity contribution in [1.82, 2.24) is 20.3 Å². The van der Waals surface area contributed by atoms with Crippen LogP contribution >= 0.6 is 15.9 Å². The maximum Gasteiger partial charge on any atom is 0.269 e. The second-order valence-corrected chi connectivity index (χ2v) is 6.99. The van der Waals surface area contributed by atoms with Crippen molar-refractivity contribution >= 4 is 44.5 Å². The number of pyridine rings is 1. The zero-order valence-corrected chi connectivity index (χ0v) is 16.7. The van der Waals surface area contributed by atoms with Crippen molar-refractivity contribution in [2.75, 3.05) is 12.4 Å². The van der Waals surface area contributed by atoms with Gasteiger partial charge in [-0.05, 0) is 36.4 Å². The number of aromatic amines is 1. The van der Waals surface area contributed by atoms with Gasteiger partial charge in [-0.25, -0.2) is 9.37 Å². The Labute approximate surface area is 173 Å². The number of imidazole rings is 1. The first kappa shape index (κ1) is 18.9. The highest BCUT2D eigenvalue weighted by Crippen LogP contribution is 2.27. The predicted octanol–water partition coefficient (Wildman–Crippen LogP) is 4.76. The number of hydrogen-bond donors (Lipinski definition) is 3. The van der Waals surface area contributed by atoms with E-state index >= 15 is 0 Å². The lowest BCUT2D eigenvalue weighted by Gasteiger charge is -2.06. The molecule has 0 fully saturated rings. The standard InChI is InChI=1S/C20H15BrFN5O2/c1-23-19(28)18-10-13(6-7-24-18)29-12-3-5-16-17(9-12)27-20(26-16)25-15-4-2-11(21)8-14(15)22/h2-10H,1H3,(H,23,28)(H2,25,26,27). The number of aromatic nitrogens is 3. The molecule has 0 aliphatic heterocycles. The van der Waals surface area contributed by atoms with E-state index in [0.717, 1.165) is 5.52 Å². The molecule has 146 valence electrons. The molecular formula is C20H15BrFN5O2.